The van der Waals surface area contributed by atoms with Gasteiger partial charge in [-0.15, -0.1) is 0 Å². The standard InChI is InChI=1S/C16H24FN3O/c1-11-9-16(14(12(2)18)10-15(11)17)20-6-4-5-19(7-8-20)13(3)21/h9-10,12H,4-8,18H2,1-3H3/t12-/m1/s1. The van der Waals surface area contributed by atoms with Gasteiger partial charge in [-0.3, -0.25) is 4.79 Å². The molecule has 1 heterocycles. The molecule has 0 unspecified atom stereocenters. The first-order valence-corrected chi connectivity index (χ1v) is 7.46. The zero-order valence-corrected chi connectivity index (χ0v) is 13.0. The van der Waals surface area contributed by atoms with Crippen LogP contribution < -0.4 is 10.6 Å². The molecule has 21 heavy (non-hydrogen) atoms. The van der Waals surface area contributed by atoms with Gasteiger partial charge in [0, 0.05) is 44.8 Å². The summed E-state index contributed by atoms with van der Waals surface area (Å²) in [5.41, 5.74) is 8.45. The molecule has 0 radical (unpaired) electrons. The molecule has 1 aromatic rings. The van der Waals surface area contributed by atoms with Gasteiger partial charge in [0.05, 0.1) is 0 Å². The van der Waals surface area contributed by atoms with E-state index in [1.807, 2.05) is 17.9 Å². The van der Waals surface area contributed by atoms with Gasteiger partial charge in [0.25, 0.3) is 0 Å². The fourth-order valence-corrected chi connectivity index (χ4v) is 2.79. The lowest BCUT2D eigenvalue weighted by Gasteiger charge is -2.27. The van der Waals surface area contributed by atoms with E-state index in [2.05, 4.69) is 4.90 Å². The van der Waals surface area contributed by atoms with Gasteiger partial charge in [0.1, 0.15) is 5.82 Å². The molecule has 0 aliphatic carbocycles. The van der Waals surface area contributed by atoms with Gasteiger partial charge >= 0.3 is 0 Å². The Morgan fingerprint density at radius 3 is 2.62 bits per heavy atom. The summed E-state index contributed by atoms with van der Waals surface area (Å²) in [4.78, 5) is 15.6. The maximum atomic E-state index is 13.8. The Morgan fingerprint density at radius 2 is 2.00 bits per heavy atom. The number of nitrogens with zero attached hydrogens (tertiary/aromatic N) is 2. The molecule has 0 spiro atoms. The maximum absolute atomic E-state index is 13.8. The number of halogens is 1. The fraction of sp³-hybridized carbons (Fsp3) is 0.562. The normalized spacial score (nSPS) is 17.6. The third kappa shape index (κ3) is 3.53. The number of nitrogens with two attached hydrogens (primary N) is 1. The molecule has 0 bridgehead atoms. The van der Waals surface area contributed by atoms with Crippen LogP contribution >= 0.6 is 0 Å². The third-order valence-electron chi connectivity index (χ3n) is 4.08. The zero-order valence-electron chi connectivity index (χ0n) is 13.0. The molecule has 1 saturated heterocycles. The van der Waals surface area contributed by atoms with Crippen LogP contribution in [-0.4, -0.2) is 37.0 Å². The molecule has 1 amide bonds. The van der Waals surface area contributed by atoms with Crippen LogP contribution in [0.3, 0.4) is 0 Å². The summed E-state index contributed by atoms with van der Waals surface area (Å²) in [5.74, 6) is -0.106. The van der Waals surface area contributed by atoms with E-state index in [-0.39, 0.29) is 17.8 Å². The van der Waals surface area contributed by atoms with E-state index >= 15 is 0 Å². The van der Waals surface area contributed by atoms with Gasteiger partial charge < -0.3 is 15.5 Å². The molecule has 1 aliphatic heterocycles. The van der Waals surface area contributed by atoms with E-state index in [0.29, 0.717) is 12.1 Å². The molecule has 0 aromatic heterocycles. The lowest BCUT2D eigenvalue weighted by molar-refractivity contribution is -0.128. The van der Waals surface area contributed by atoms with Crippen molar-refractivity contribution in [3.63, 3.8) is 0 Å². The average Bonchev–Trinajstić information content (AvgIpc) is 2.67. The fourth-order valence-electron chi connectivity index (χ4n) is 2.79. The van der Waals surface area contributed by atoms with Crippen molar-refractivity contribution in [2.75, 3.05) is 31.1 Å². The van der Waals surface area contributed by atoms with Crippen molar-refractivity contribution in [1.82, 2.24) is 4.90 Å². The number of hydrogen-bond acceptors (Lipinski definition) is 3. The number of anilines is 1. The van der Waals surface area contributed by atoms with E-state index < -0.39 is 0 Å². The Labute approximate surface area is 125 Å². The summed E-state index contributed by atoms with van der Waals surface area (Å²) in [7, 11) is 0. The van der Waals surface area contributed by atoms with Crippen LogP contribution in [0.25, 0.3) is 0 Å². The first-order valence-electron chi connectivity index (χ1n) is 7.46. The van der Waals surface area contributed by atoms with Crippen LogP contribution in [0, 0.1) is 12.7 Å². The van der Waals surface area contributed by atoms with Gasteiger partial charge in [-0.1, -0.05) is 0 Å². The van der Waals surface area contributed by atoms with Crippen LogP contribution in [-0.2, 0) is 4.79 Å². The van der Waals surface area contributed by atoms with Crippen molar-refractivity contribution < 1.29 is 9.18 Å². The Kier molecular flexibility index (Phi) is 4.83. The van der Waals surface area contributed by atoms with E-state index in [0.717, 1.165) is 37.3 Å². The molecule has 5 heteroatoms. The van der Waals surface area contributed by atoms with Crippen LogP contribution in [0.5, 0.6) is 0 Å². The number of amides is 1. The summed E-state index contributed by atoms with van der Waals surface area (Å²) in [6.07, 6.45) is 0.911. The molecule has 116 valence electrons. The van der Waals surface area contributed by atoms with E-state index in [4.69, 9.17) is 5.73 Å². The highest BCUT2D eigenvalue weighted by atomic mass is 19.1. The number of carbonyl (C=O) groups is 1. The van der Waals surface area contributed by atoms with Gasteiger partial charge in [-0.25, -0.2) is 4.39 Å². The van der Waals surface area contributed by atoms with Gasteiger partial charge in [0.2, 0.25) is 5.91 Å². The molecule has 2 N–H and O–H groups in total. The van der Waals surface area contributed by atoms with Gasteiger partial charge in [0.15, 0.2) is 0 Å². The second-order valence-corrected chi connectivity index (χ2v) is 5.80. The molecule has 0 saturated carbocycles. The number of hydrogen-bond donors (Lipinski definition) is 1. The summed E-state index contributed by atoms with van der Waals surface area (Å²) in [6, 6.07) is 3.20. The average molecular weight is 293 g/mol. The minimum Gasteiger partial charge on any atom is -0.369 e. The zero-order chi connectivity index (χ0) is 15.6. The predicted molar refractivity (Wildman–Crippen MR) is 82.8 cm³/mol. The second kappa shape index (κ2) is 6.43. The van der Waals surface area contributed by atoms with E-state index in [1.165, 1.54) is 0 Å². The minimum atomic E-state index is -0.220. The topological polar surface area (TPSA) is 49.6 Å². The van der Waals surface area contributed by atoms with Crippen molar-refractivity contribution in [2.24, 2.45) is 5.73 Å². The largest absolute Gasteiger partial charge is 0.369 e. The van der Waals surface area contributed by atoms with Crippen molar-refractivity contribution in [3.05, 3.63) is 29.1 Å². The first kappa shape index (κ1) is 15.8. The smallest absolute Gasteiger partial charge is 0.219 e. The number of rotatable bonds is 2. The highest BCUT2D eigenvalue weighted by Crippen LogP contribution is 2.29. The Morgan fingerprint density at radius 1 is 1.29 bits per heavy atom. The molecule has 1 fully saturated rings. The highest BCUT2D eigenvalue weighted by molar-refractivity contribution is 5.73. The number of aryl methyl sites for hydroxylation is 1. The first-order chi connectivity index (χ1) is 9.90. The quantitative estimate of drug-likeness (QED) is 0.909. The molecule has 1 aliphatic rings. The minimum absolute atomic E-state index is 0.111. The number of benzene rings is 1. The summed E-state index contributed by atoms with van der Waals surface area (Å²) >= 11 is 0. The number of carbonyl (C=O) groups excluding carboxylic acids is 1. The lowest BCUT2D eigenvalue weighted by atomic mass is 10.0. The summed E-state index contributed by atoms with van der Waals surface area (Å²) in [6.45, 7) is 8.32. The van der Waals surface area contributed by atoms with Crippen molar-refractivity contribution >= 4 is 11.6 Å². The third-order valence-corrected chi connectivity index (χ3v) is 4.08. The molecular formula is C16H24FN3O. The van der Waals surface area contributed by atoms with Crippen molar-refractivity contribution in [3.8, 4) is 0 Å². The van der Waals surface area contributed by atoms with Crippen LogP contribution in [0.15, 0.2) is 12.1 Å². The van der Waals surface area contributed by atoms with Crippen molar-refractivity contribution in [2.45, 2.75) is 33.2 Å². The Bertz CT molecular complexity index is 530. The Balaban J connectivity index is 2.28. The maximum Gasteiger partial charge on any atom is 0.219 e. The van der Waals surface area contributed by atoms with Crippen LogP contribution in [0.2, 0.25) is 0 Å². The Hall–Kier alpha value is -1.62. The highest BCUT2D eigenvalue weighted by Gasteiger charge is 2.20. The predicted octanol–water partition coefficient (Wildman–Crippen LogP) is 2.21. The summed E-state index contributed by atoms with van der Waals surface area (Å²) < 4.78 is 13.8. The molecular weight excluding hydrogens is 269 g/mol. The molecule has 1 atom stereocenters. The summed E-state index contributed by atoms with van der Waals surface area (Å²) in [5, 5.41) is 0. The van der Waals surface area contributed by atoms with Gasteiger partial charge in [-0.2, -0.15) is 0 Å². The molecule has 4 nitrogen and oxygen atoms in total. The van der Waals surface area contributed by atoms with Crippen molar-refractivity contribution in [1.29, 1.82) is 0 Å². The molecule has 2 rings (SSSR count). The molecule has 1 aromatic carbocycles. The van der Waals surface area contributed by atoms with Gasteiger partial charge in [-0.05, 0) is 43.5 Å². The second-order valence-electron chi connectivity index (χ2n) is 5.80. The monoisotopic (exact) mass is 293 g/mol. The lowest BCUT2D eigenvalue weighted by Crippen LogP contribution is -2.34. The van der Waals surface area contributed by atoms with E-state index in [9.17, 15) is 9.18 Å². The van der Waals surface area contributed by atoms with Crippen LogP contribution in [0.1, 0.15) is 37.4 Å². The SMILES string of the molecule is CC(=O)N1CCCN(c2cc(C)c(F)cc2[C@@H](C)N)CC1. The van der Waals surface area contributed by atoms with E-state index in [1.54, 1.807) is 19.9 Å². The van der Waals surface area contributed by atoms with Crippen LogP contribution in [0.4, 0.5) is 10.1 Å².